The van der Waals surface area contributed by atoms with Gasteiger partial charge in [0.1, 0.15) is 21.1 Å². The Morgan fingerprint density at radius 2 is 1.16 bits per heavy atom. The smallest absolute Gasteiger partial charge is 0.196 e. The molecule has 0 aliphatic rings. The number of fused-ring (bicyclic) bond motifs is 1. The van der Waals surface area contributed by atoms with Crippen molar-refractivity contribution in [3.8, 4) is 22.8 Å². The van der Waals surface area contributed by atoms with Crippen LogP contribution in [0.15, 0.2) is 79.0 Å². The predicted octanol–water partition coefficient (Wildman–Crippen LogP) is 2.65. The highest BCUT2D eigenvalue weighted by Crippen LogP contribution is 2.19. The zero-order chi connectivity index (χ0) is 17.4. The summed E-state index contributed by atoms with van der Waals surface area (Å²) >= 11 is 0. The van der Waals surface area contributed by atoms with Gasteiger partial charge in [0, 0.05) is 41.8 Å². The summed E-state index contributed by atoms with van der Waals surface area (Å²) in [6.45, 7) is 0. The molecule has 0 radical (unpaired) electrons. The molecule has 4 aromatic rings. The zero-order valence-electron chi connectivity index (χ0n) is 14.8. The van der Waals surface area contributed by atoms with Gasteiger partial charge in [0.25, 0.3) is 22.8 Å². The van der Waals surface area contributed by atoms with Crippen LogP contribution in [0.4, 0.5) is 0 Å². The lowest BCUT2D eigenvalue weighted by Gasteiger charge is -2.05. The van der Waals surface area contributed by atoms with Gasteiger partial charge in [0.15, 0.2) is 6.20 Å². The maximum atomic E-state index is 2.26. The molecule has 0 saturated heterocycles. The fraction of sp³-hybridized carbons (Fsp3) is 0.136. The number of benzene rings is 1. The molecule has 0 N–H and O–H groups in total. The van der Waals surface area contributed by atoms with E-state index in [0.29, 0.717) is 0 Å². The van der Waals surface area contributed by atoms with Crippen molar-refractivity contribution in [3.63, 3.8) is 0 Å². The number of aromatic nitrogens is 3. The first-order valence-corrected chi connectivity index (χ1v) is 8.49. The summed E-state index contributed by atoms with van der Waals surface area (Å²) in [5.41, 5.74) is 6.00. The number of rotatable bonds is 2. The second-order valence-corrected chi connectivity index (χ2v) is 6.39. The molecule has 3 aromatic heterocycles. The van der Waals surface area contributed by atoms with Crippen molar-refractivity contribution in [2.24, 2.45) is 21.1 Å². The minimum Gasteiger partial charge on any atom is -0.196 e. The van der Waals surface area contributed by atoms with Crippen LogP contribution in [0.25, 0.3) is 33.7 Å². The number of hydrogen-bond acceptors (Lipinski definition) is 0. The Hall–Kier alpha value is -3.07. The van der Waals surface area contributed by atoms with E-state index in [1.54, 1.807) is 0 Å². The van der Waals surface area contributed by atoms with Crippen molar-refractivity contribution in [1.82, 2.24) is 0 Å². The van der Waals surface area contributed by atoms with Crippen LogP contribution in [-0.4, -0.2) is 0 Å². The van der Waals surface area contributed by atoms with Crippen LogP contribution in [0, 0.1) is 0 Å². The molecule has 0 amide bonds. The van der Waals surface area contributed by atoms with Crippen LogP contribution < -0.4 is 13.7 Å². The van der Waals surface area contributed by atoms with Gasteiger partial charge in [-0.25, -0.2) is 0 Å². The van der Waals surface area contributed by atoms with Crippen LogP contribution in [0.2, 0.25) is 0 Å². The Morgan fingerprint density at radius 1 is 0.520 bits per heavy atom. The molecule has 3 nitrogen and oxygen atoms in total. The fourth-order valence-electron chi connectivity index (χ4n) is 3.49. The van der Waals surface area contributed by atoms with Crippen molar-refractivity contribution in [3.05, 3.63) is 79.0 Å². The summed E-state index contributed by atoms with van der Waals surface area (Å²) in [6.07, 6.45) is 2.08. The van der Waals surface area contributed by atoms with E-state index >= 15 is 0 Å². The largest absolute Gasteiger partial charge is 0.277 e. The lowest BCUT2D eigenvalue weighted by molar-refractivity contribution is -0.692. The topological polar surface area (TPSA) is 11.6 Å². The average molecular weight is 328 g/mol. The average Bonchev–Trinajstić information content (AvgIpc) is 2.64. The van der Waals surface area contributed by atoms with Gasteiger partial charge in [-0.15, -0.1) is 0 Å². The second-order valence-electron chi connectivity index (χ2n) is 6.39. The van der Waals surface area contributed by atoms with Gasteiger partial charge in [-0.05, 0) is 24.3 Å². The molecule has 0 fully saturated rings. The first-order chi connectivity index (χ1) is 12.2. The lowest BCUT2D eigenvalue weighted by Crippen LogP contribution is -2.42. The zero-order valence-corrected chi connectivity index (χ0v) is 14.8. The molecule has 0 aliphatic carbocycles. The van der Waals surface area contributed by atoms with E-state index in [4.69, 9.17) is 0 Å². The summed E-state index contributed by atoms with van der Waals surface area (Å²) in [6, 6.07) is 25.6. The lowest BCUT2D eigenvalue weighted by atomic mass is 10.1. The van der Waals surface area contributed by atoms with Crippen LogP contribution >= 0.6 is 0 Å². The standard InChI is InChI=1S/C22H22N3/c1-23-16-7-6-11-19(23)20-12-8-13-21(25(20)3)22-15-14-17-9-4-5-10-18(17)24(22)2/h4-16H,1-3H3/q+3. The van der Waals surface area contributed by atoms with Crippen LogP contribution in [0.5, 0.6) is 0 Å². The fourth-order valence-corrected chi connectivity index (χ4v) is 3.49. The first kappa shape index (κ1) is 15.5. The molecule has 0 atom stereocenters. The molecular formula is C22H22N3+3. The third-order valence-corrected chi connectivity index (χ3v) is 4.89. The summed E-state index contributed by atoms with van der Waals surface area (Å²) < 4.78 is 6.68. The Morgan fingerprint density at radius 3 is 1.96 bits per heavy atom. The second kappa shape index (κ2) is 6.10. The highest BCUT2D eigenvalue weighted by Gasteiger charge is 2.26. The van der Waals surface area contributed by atoms with E-state index in [-0.39, 0.29) is 0 Å². The molecule has 25 heavy (non-hydrogen) atoms. The van der Waals surface area contributed by atoms with Gasteiger partial charge in [-0.2, -0.15) is 13.7 Å². The molecule has 3 heteroatoms. The van der Waals surface area contributed by atoms with Crippen LogP contribution in [-0.2, 0) is 21.1 Å². The van der Waals surface area contributed by atoms with E-state index in [2.05, 4.69) is 114 Å². The van der Waals surface area contributed by atoms with Gasteiger partial charge >= 0.3 is 0 Å². The van der Waals surface area contributed by atoms with Gasteiger partial charge in [-0.1, -0.05) is 12.1 Å². The van der Waals surface area contributed by atoms with Crippen molar-refractivity contribution in [1.29, 1.82) is 0 Å². The monoisotopic (exact) mass is 328 g/mol. The minimum atomic E-state index is 1.19. The van der Waals surface area contributed by atoms with E-state index in [1.165, 1.54) is 33.7 Å². The number of hydrogen-bond donors (Lipinski definition) is 0. The van der Waals surface area contributed by atoms with Gasteiger partial charge in [0.2, 0.25) is 5.52 Å². The highest BCUT2D eigenvalue weighted by atomic mass is 15.0. The van der Waals surface area contributed by atoms with Crippen molar-refractivity contribution in [2.75, 3.05) is 0 Å². The SMILES string of the molecule is C[n+]1ccccc1-c1cccc(-c2ccc3ccccc3[n+]2C)[n+]1C. The van der Waals surface area contributed by atoms with Crippen LogP contribution in [0.1, 0.15) is 0 Å². The maximum absolute atomic E-state index is 2.26. The number of nitrogens with zero attached hydrogens (tertiary/aromatic N) is 3. The molecule has 0 aliphatic heterocycles. The quantitative estimate of drug-likeness (QED) is 0.502. The predicted molar refractivity (Wildman–Crippen MR) is 98.3 cm³/mol. The molecule has 4 rings (SSSR count). The van der Waals surface area contributed by atoms with E-state index < -0.39 is 0 Å². The molecule has 3 heterocycles. The molecule has 122 valence electrons. The minimum absolute atomic E-state index is 1.19. The maximum Gasteiger partial charge on any atom is 0.277 e. The van der Waals surface area contributed by atoms with Crippen molar-refractivity contribution < 1.29 is 13.7 Å². The van der Waals surface area contributed by atoms with E-state index in [1.807, 2.05) is 0 Å². The molecular weight excluding hydrogens is 306 g/mol. The van der Waals surface area contributed by atoms with Gasteiger partial charge in [-0.3, -0.25) is 0 Å². The van der Waals surface area contributed by atoms with E-state index in [0.717, 1.165) is 0 Å². The van der Waals surface area contributed by atoms with Gasteiger partial charge < -0.3 is 0 Å². The molecule has 0 unspecified atom stereocenters. The Kier molecular flexibility index (Phi) is 3.77. The Bertz CT molecular complexity index is 1080. The van der Waals surface area contributed by atoms with Crippen molar-refractivity contribution >= 4 is 10.9 Å². The number of para-hydroxylation sites is 1. The number of pyridine rings is 3. The Balaban J connectivity index is 1.95. The molecule has 0 saturated carbocycles. The summed E-state index contributed by atoms with van der Waals surface area (Å²) in [5.74, 6) is 0. The Labute approximate surface area is 148 Å². The van der Waals surface area contributed by atoms with Gasteiger partial charge in [0.05, 0.1) is 0 Å². The third-order valence-electron chi connectivity index (χ3n) is 4.89. The van der Waals surface area contributed by atoms with Crippen molar-refractivity contribution in [2.45, 2.75) is 0 Å². The molecule has 0 spiro atoms. The highest BCUT2D eigenvalue weighted by molar-refractivity contribution is 5.76. The first-order valence-electron chi connectivity index (χ1n) is 8.49. The van der Waals surface area contributed by atoms with Crippen LogP contribution in [0.3, 0.4) is 0 Å². The molecule has 0 bridgehead atoms. The summed E-state index contributed by atoms with van der Waals surface area (Å²) in [5, 5.41) is 1.25. The third kappa shape index (κ3) is 2.58. The summed E-state index contributed by atoms with van der Waals surface area (Å²) in [7, 11) is 6.34. The number of aryl methyl sites for hydroxylation is 2. The normalized spacial score (nSPS) is 11.0. The summed E-state index contributed by atoms with van der Waals surface area (Å²) in [4.78, 5) is 0. The molecule has 1 aromatic carbocycles. The van der Waals surface area contributed by atoms with E-state index in [9.17, 15) is 0 Å².